The van der Waals surface area contributed by atoms with E-state index in [1.54, 1.807) is 0 Å². The summed E-state index contributed by atoms with van der Waals surface area (Å²) in [4.78, 5) is 10.4. The average molecular weight is 394 g/mol. The molecule has 10 heteroatoms. The molecule has 22 heavy (non-hydrogen) atoms. The van der Waals surface area contributed by atoms with E-state index in [9.17, 15) is 18.5 Å². The molecule has 0 unspecified atom stereocenters. The predicted octanol–water partition coefficient (Wildman–Crippen LogP) is 1.40. The molecule has 1 fully saturated rings. The normalized spacial score (nSPS) is 19.4. The molecule has 0 spiro atoms. The molecular weight excluding hydrogens is 378 g/mol. The zero-order chi connectivity index (χ0) is 16.7. The third-order valence-electron chi connectivity index (χ3n) is 3.60. The molecule has 0 bridgehead atoms. The number of rotatable bonds is 4. The van der Waals surface area contributed by atoms with E-state index in [0.29, 0.717) is 16.5 Å². The molecule has 1 aromatic carbocycles. The first-order valence-corrected chi connectivity index (χ1v) is 8.70. The lowest BCUT2D eigenvalue weighted by Crippen LogP contribution is -2.32. The van der Waals surface area contributed by atoms with Crippen LogP contribution in [0.3, 0.4) is 0 Å². The van der Waals surface area contributed by atoms with Gasteiger partial charge >= 0.3 is 5.69 Å². The minimum absolute atomic E-state index is 0.185. The standard InChI is InChI=1S/C12H16BrN3O5S/c1-7-9(13)5-10(12(21-2)11(7)16(17)18)22(19,20)15-4-3-8(14)6-15/h5,8H,3-4,6,14H2,1-2H3/t8-/m1/s1. The van der Waals surface area contributed by atoms with Crippen LogP contribution in [0.25, 0.3) is 0 Å². The third kappa shape index (κ3) is 2.83. The lowest BCUT2D eigenvalue weighted by atomic mass is 10.2. The van der Waals surface area contributed by atoms with Gasteiger partial charge < -0.3 is 10.5 Å². The predicted molar refractivity (Wildman–Crippen MR) is 83.4 cm³/mol. The van der Waals surface area contributed by atoms with Crippen molar-refractivity contribution in [2.75, 3.05) is 20.2 Å². The van der Waals surface area contributed by atoms with Crippen molar-refractivity contribution in [1.82, 2.24) is 4.31 Å². The van der Waals surface area contributed by atoms with Crippen molar-refractivity contribution in [3.8, 4) is 5.75 Å². The second-order valence-electron chi connectivity index (χ2n) is 5.03. The van der Waals surface area contributed by atoms with Gasteiger partial charge in [0.1, 0.15) is 4.90 Å². The van der Waals surface area contributed by atoms with Crippen LogP contribution >= 0.6 is 15.9 Å². The summed E-state index contributed by atoms with van der Waals surface area (Å²) < 4.78 is 32.1. The summed E-state index contributed by atoms with van der Waals surface area (Å²) in [6, 6.07) is 1.10. The number of ether oxygens (including phenoxy) is 1. The van der Waals surface area contributed by atoms with Crippen molar-refractivity contribution in [2.24, 2.45) is 5.73 Å². The van der Waals surface area contributed by atoms with Crippen LogP contribution in [0, 0.1) is 17.0 Å². The molecule has 0 aliphatic carbocycles. The van der Waals surface area contributed by atoms with Gasteiger partial charge in [0.2, 0.25) is 15.8 Å². The Labute approximate surface area is 136 Å². The van der Waals surface area contributed by atoms with E-state index < -0.39 is 14.9 Å². The van der Waals surface area contributed by atoms with E-state index >= 15 is 0 Å². The van der Waals surface area contributed by atoms with E-state index in [1.165, 1.54) is 24.4 Å². The Balaban J connectivity index is 2.67. The molecule has 2 N–H and O–H groups in total. The summed E-state index contributed by atoms with van der Waals surface area (Å²) in [5.41, 5.74) is 5.69. The van der Waals surface area contributed by atoms with Crippen LogP contribution in [0.1, 0.15) is 12.0 Å². The molecule has 1 atom stereocenters. The van der Waals surface area contributed by atoms with Crippen LogP contribution in [0.15, 0.2) is 15.4 Å². The Morgan fingerprint density at radius 1 is 1.55 bits per heavy atom. The van der Waals surface area contributed by atoms with Crippen molar-refractivity contribution in [3.05, 3.63) is 26.2 Å². The van der Waals surface area contributed by atoms with Crippen molar-refractivity contribution >= 4 is 31.6 Å². The van der Waals surface area contributed by atoms with Crippen molar-refractivity contribution in [2.45, 2.75) is 24.3 Å². The Hall–Kier alpha value is -1.23. The molecule has 1 heterocycles. The second-order valence-corrected chi connectivity index (χ2v) is 7.79. The van der Waals surface area contributed by atoms with Gasteiger partial charge in [-0.1, -0.05) is 15.9 Å². The summed E-state index contributed by atoms with van der Waals surface area (Å²) in [5, 5.41) is 11.3. The number of nitrogens with zero attached hydrogens (tertiary/aromatic N) is 2. The molecule has 1 aromatic rings. The molecule has 1 aliphatic rings. The zero-order valence-corrected chi connectivity index (χ0v) is 14.5. The van der Waals surface area contributed by atoms with Crippen molar-refractivity contribution in [1.29, 1.82) is 0 Å². The highest BCUT2D eigenvalue weighted by atomic mass is 79.9. The summed E-state index contributed by atoms with van der Waals surface area (Å²) in [6.07, 6.45) is 0.552. The Morgan fingerprint density at radius 2 is 2.18 bits per heavy atom. The first-order chi connectivity index (χ1) is 10.2. The lowest BCUT2D eigenvalue weighted by Gasteiger charge is -2.19. The number of sulfonamides is 1. The average Bonchev–Trinajstić information content (AvgIpc) is 2.87. The number of hydrogen-bond acceptors (Lipinski definition) is 6. The number of methoxy groups -OCH3 is 1. The van der Waals surface area contributed by atoms with Crippen molar-refractivity contribution in [3.63, 3.8) is 0 Å². The molecule has 122 valence electrons. The highest BCUT2D eigenvalue weighted by Gasteiger charge is 2.37. The van der Waals surface area contributed by atoms with Crippen LogP contribution in [-0.2, 0) is 10.0 Å². The van der Waals surface area contributed by atoms with Gasteiger partial charge in [-0.15, -0.1) is 0 Å². The highest BCUT2D eigenvalue weighted by Crippen LogP contribution is 2.42. The molecule has 8 nitrogen and oxygen atoms in total. The molecule has 1 saturated heterocycles. The number of benzene rings is 1. The smallest absolute Gasteiger partial charge is 0.316 e. The van der Waals surface area contributed by atoms with E-state index in [0.717, 1.165) is 0 Å². The fourth-order valence-corrected chi connectivity index (χ4v) is 4.67. The van der Waals surface area contributed by atoms with E-state index in [-0.39, 0.29) is 35.5 Å². The Morgan fingerprint density at radius 3 is 2.64 bits per heavy atom. The zero-order valence-electron chi connectivity index (χ0n) is 12.1. The summed E-state index contributed by atoms with van der Waals surface area (Å²) in [6.45, 7) is 1.99. The topological polar surface area (TPSA) is 116 Å². The third-order valence-corrected chi connectivity index (χ3v) is 6.30. The van der Waals surface area contributed by atoms with Crippen LogP contribution in [-0.4, -0.2) is 43.9 Å². The van der Waals surface area contributed by atoms with E-state index in [4.69, 9.17) is 10.5 Å². The number of hydrogen-bond donors (Lipinski definition) is 1. The largest absolute Gasteiger partial charge is 0.489 e. The van der Waals surface area contributed by atoms with Crippen LogP contribution in [0.5, 0.6) is 5.75 Å². The molecule has 0 amide bonds. The maximum absolute atomic E-state index is 12.7. The summed E-state index contributed by atoms with van der Waals surface area (Å²) in [7, 11) is -2.70. The fourth-order valence-electron chi connectivity index (χ4n) is 2.41. The van der Waals surface area contributed by atoms with Gasteiger partial charge in [-0.25, -0.2) is 8.42 Å². The van der Waals surface area contributed by atoms with E-state index in [1.807, 2.05) is 0 Å². The summed E-state index contributed by atoms with van der Waals surface area (Å²) in [5.74, 6) is -0.258. The van der Waals surface area contributed by atoms with Crippen LogP contribution in [0.4, 0.5) is 5.69 Å². The summed E-state index contributed by atoms with van der Waals surface area (Å²) >= 11 is 3.17. The molecule has 2 rings (SSSR count). The first-order valence-electron chi connectivity index (χ1n) is 6.47. The van der Waals surface area contributed by atoms with Gasteiger partial charge in [0, 0.05) is 29.2 Å². The van der Waals surface area contributed by atoms with Crippen LogP contribution < -0.4 is 10.5 Å². The number of nitro groups is 1. The van der Waals surface area contributed by atoms with Crippen molar-refractivity contribution < 1.29 is 18.1 Å². The number of nitro benzene ring substituents is 1. The van der Waals surface area contributed by atoms with Gasteiger partial charge in [-0.05, 0) is 19.4 Å². The minimum Gasteiger partial charge on any atom is -0.489 e. The number of nitrogens with two attached hydrogens (primary N) is 1. The van der Waals surface area contributed by atoms with E-state index in [2.05, 4.69) is 15.9 Å². The lowest BCUT2D eigenvalue weighted by molar-refractivity contribution is -0.386. The van der Waals surface area contributed by atoms with Gasteiger partial charge in [-0.2, -0.15) is 4.31 Å². The maximum Gasteiger partial charge on any atom is 0.316 e. The SMILES string of the molecule is COc1c(S(=O)(=O)N2CC[C@@H](N)C2)cc(Br)c(C)c1[N+](=O)[O-]. The monoisotopic (exact) mass is 393 g/mol. The van der Waals surface area contributed by atoms with Gasteiger partial charge in [-0.3, -0.25) is 10.1 Å². The Kier molecular flexibility index (Phi) is 4.76. The number of halogens is 1. The minimum atomic E-state index is -3.92. The van der Waals surface area contributed by atoms with Crippen LogP contribution in [0.2, 0.25) is 0 Å². The molecule has 1 aliphatic heterocycles. The second kappa shape index (κ2) is 6.11. The maximum atomic E-state index is 12.7. The Bertz CT molecular complexity index is 722. The van der Waals surface area contributed by atoms with Gasteiger partial charge in [0.05, 0.1) is 12.0 Å². The first kappa shape index (κ1) is 17.1. The fraction of sp³-hybridized carbons (Fsp3) is 0.500. The van der Waals surface area contributed by atoms with Gasteiger partial charge in [0.25, 0.3) is 0 Å². The molecule has 0 radical (unpaired) electrons. The molecule has 0 aromatic heterocycles. The molecule has 0 saturated carbocycles. The quantitative estimate of drug-likeness (QED) is 0.610. The highest BCUT2D eigenvalue weighted by molar-refractivity contribution is 9.10. The van der Waals surface area contributed by atoms with Gasteiger partial charge in [0.15, 0.2) is 0 Å². The molecular formula is C12H16BrN3O5S.